The van der Waals surface area contributed by atoms with Crippen LogP contribution >= 0.6 is 0 Å². The Hall–Kier alpha value is -0.610. The third-order valence-corrected chi connectivity index (χ3v) is 3.03. The molecule has 0 spiro atoms. The van der Waals surface area contributed by atoms with E-state index in [-0.39, 0.29) is 18.0 Å². The van der Waals surface area contributed by atoms with E-state index >= 15 is 0 Å². The maximum Gasteiger partial charge on any atom is 0.237 e. The lowest BCUT2D eigenvalue weighted by molar-refractivity contribution is -0.127. The van der Waals surface area contributed by atoms with Gasteiger partial charge in [0.05, 0.1) is 11.6 Å². The normalized spacial score (nSPS) is 15.6. The summed E-state index contributed by atoms with van der Waals surface area (Å²) in [6.45, 7) is 12.8. The molecule has 4 heteroatoms. The van der Waals surface area contributed by atoms with E-state index in [1.165, 1.54) is 0 Å². The molecule has 0 aliphatic heterocycles. The highest BCUT2D eigenvalue weighted by Crippen LogP contribution is 2.09. The molecule has 0 aromatic rings. The largest absolute Gasteiger partial charge is 0.389 e. The van der Waals surface area contributed by atoms with E-state index < -0.39 is 5.60 Å². The molecule has 1 amide bonds. The third kappa shape index (κ3) is 6.97. The first kappa shape index (κ1) is 17.4. The number of carbonyl (C=O) groups excluding carboxylic acids is 1. The van der Waals surface area contributed by atoms with Crippen molar-refractivity contribution in [2.75, 3.05) is 13.1 Å². The molecule has 18 heavy (non-hydrogen) atoms. The van der Waals surface area contributed by atoms with Gasteiger partial charge in [0.25, 0.3) is 0 Å². The Morgan fingerprint density at radius 3 is 2.28 bits per heavy atom. The molecule has 2 N–H and O–H groups in total. The Balaban J connectivity index is 4.40. The summed E-state index contributed by atoms with van der Waals surface area (Å²) in [6.07, 6.45) is 2.06. The molecule has 0 bridgehead atoms. The summed E-state index contributed by atoms with van der Waals surface area (Å²) >= 11 is 0. The second kappa shape index (κ2) is 7.74. The number of rotatable bonds is 8. The highest BCUT2D eigenvalue weighted by atomic mass is 16.3. The first-order valence-corrected chi connectivity index (χ1v) is 6.98. The van der Waals surface area contributed by atoms with Crippen LogP contribution in [0, 0.1) is 0 Å². The van der Waals surface area contributed by atoms with E-state index in [0.29, 0.717) is 6.54 Å². The summed E-state index contributed by atoms with van der Waals surface area (Å²) < 4.78 is 0. The summed E-state index contributed by atoms with van der Waals surface area (Å²) in [5.74, 6) is 0.0436. The Bertz CT molecular complexity index is 249. The van der Waals surface area contributed by atoms with Crippen LogP contribution in [-0.4, -0.2) is 46.7 Å². The number of hydrogen-bond donors (Lipinski definition) is 2. The van der Waals surface area contributed by atoms with Gasteiger partial charge in [-0.2, -0.15) is 0 Å². The molecule has 4 nitrogen and oxygen atoms in total. The van der Waals surface area contributed by atoms with Gasteiger partial charge in [-0.3, -0.25) is 9.69 Å². The number of hydrogen-bond acceptors (Lipinski definition) is 3. The maximum absolute atomic E-state index is 12.1. The number of carbonyl (C=O) groups is 1. The summed E-state index contributed by atoms with van der Waals surface area (Å²) in [4.78, 5) is 14.1. The SMILES string of the molecule is CCCC(C)NC(=O)C(C)N(CC)CC(C)(C)O. The molecule has 108 valence electrons. The fraction of sp³-hybridized carbons (Fsp3) is 0.929. The van der Waals surface area contributed by atoms with Crippen LogP contribution in [0.1, 0.15) is 54.4 Å². The Morgan fingerprint density at radius 2 is 1.89 bits per heavy atom. The molecule has 0 aromatic heterocycles. The second-order valence-electron chi connectivity index (χ2n) is 5.75. The van der Waals surface area contributed by atoms with Crippen LogP contribution in [0.4, 0.5) is 0 Å². The van der Waals surface area contributed by atoms with Gasteiger partial charge in [0.1, 0.15) is 0 Å². The molecule has 2 atom stereocenters. The van der Waals surface area contributed by atoms with Crippen molar-refractivity contribution in [1.29, 1.82) is 0 Å². The van der Waals surface area contributed by atoms with Gasteiger partial charge >= 0.3 is 0 Å². The molecule has 0 saturated heterocycles. The minimum absolute atomic E-state index is 0.0436. The predicted octanol–water partition coefficient (Wildman–Crippen LogP) is 1.77. The second-order valence-corrected chi connectivity index (χ2v) is 5.75. The standard InChI is InChI=1S/C14H30N2O2/c1-7-9-11(3)15-13(17)12(4)16(8-2)10-14(5,6)18/h11-12,18H,7-10H2,1-6H3,(H,15,17). The molecule has 0 fully saturated rings. The fourth-order valence-corrected chi connectivity index (χ4v) is 2.05. The maximum atomic E-state index is 12.1. The molecule has 0 aliphatic carbocycles. The molecule has 0 aliphatic rings. The van der Waals surface area contributed by atoms with E-state index in [0.717, 1.165) is 19.4 Å². The molecule has 2 unspecified atom stereocenters. The topological polar surface area (TPSA) is 52.6 Å². The molecule has 0 rings (SSSR count). The summed E-state index contributed by atoms with van der Waals surface area (Å²) in [5.41, 5.74) is -0.778. The van der Waals surface area contributed by atoms with Crippen LogP contribution in [0.15, 0.2) is 0 Å². The third-order valence-electron chi connectivity index (χ3n) is 3.03. The Morgan fingerprint density at radius 1 is 1.33 bits per heavy atom. The number of nitrogens with one attached hydrogen (secondary N) is 1. The van der Waals surface area contributed by atoms with Crippen molar-refractivity contribution >= 4 is 5.91 Å². The van der Waals surface area contributed by atoms with Gasteiger partial charge in [-0.15, -0.1) is 0 Å². The van der Waals surface area contributed by atoms with Gasteiger partial charge in [0.15, 0.2) is 0 Å². The quantitative estimate of drug-likeness (QED) is 0.697. The van der Waals surface area contributed by atoms with Gasteiger partial charge in [-0.25, -0.2) is 0 Å². The zero-order chi connectivity index (χ0) is 14.3. The van der Waals surface area contributed by atoms with Crippen molar-refractivity contribution in [3.05, 3.63) is 0 Å². The highest BCUT2D eigenvalue weighted by molar-refractivity contribution is 5.81. The average molecular weight is 258 g/mol. The van der Waals surface area contributed by atoms with Gasteiger partial charge in [0, 0.05) is 12.6 Å². The van der Waals surface area contributed by atoms with Crippen molar-refractivity contribution in [3.63, 3.8) is 0 Å². The zero-order valence-corrected chi connectivity index (χ0v) is 12.8. The fourth-order valence-electron chi connectivity index (χ4n) is 2.05. The van der Waals surface area contributed by atoms with Crippen molar-refractivity contribution in [2.45, 2.75) is 72.1 Å². The van der Waals surface area contributed by atoms with Gasteiger partial charge in [0.2, 0.25) is 5.91 Å². The van der Waals surface area contributed by atoms with E-state index in [1.54, 1.807) is 13.8 Å². The lowest BCUT2D eigenvalue weighted by atomic mass is 10.1. The molecule has 0 aromatic carbocycles. The number of likely N-dealkylation sites (N-methyl/N-ethyl adjacent to an activating group) is 1. The van der Waals surface area contributed by atoms with Crippen LogP contribution < -0.4 is 5.32 Å². The van der Waals surface area contributed by atoms with E-state index in [2.05, 4.69) is 12.2 Å². The number of nitrogens with zero attached hydrogens (tertiary/aromatic N) is 1. The minimum atomic E-state index is -0.778. The van der Waals surface area contributed by atoms with Gasteiger partial charge < -0.3 is 10.4 Å². The summed E-state index contributed by atoms with van der Waals surface area (Å²) in [6, 6.07) is 0.00604. The van der Waals surface area contributed by atoms with Crippen LogP contribution in [-0.2, 0) is 4.79 Å². The van der Waals surface area contributed by atoms with Crippen LogP contribution in [0.5, 0.6) is 0 Å². The Labute approximate surface area is 112 Å². The summed E-state index contributed by atoms with van der Waals surface area (Å²) in [5, 5.41) is 12.9. The molecule has 0 saturated carbocycles. The van der Waals surface area contributed by atoms with Crippen molar-refractivity contribution in [3.8, 4) is 0 Å². The van der Waals surface area contributed by atoms with Crippen molar-refractivity contribution in [1.82, 2.24) is 10.2 Å². The highest BCUT2D eigenvalue weighted by Gasteiger charge is 2.25. The smallest absolute Gasteiger partial charge is 0.237 e. The van der Waals surface area contributed by atoms with Crippen molar-refractivity contribution < 1.29 is 9.90 Å². The first-order chi connectivity index (χ1) is 8.21. The Kier molecular flexibility index (Phi) is 7.48. The van der Waals surface area contributed by atoms with Gasteiger partial charge in [-0.05, 0) is 40.7 Å². The average Bonchev–Trinajstić information content (AvgIpc) is 2.23. The summed E-state index contributed by atoms with van der Waals surface area (Å²) in [7, 11) is 0. The monoisotopic (exact) mass is 258 g/mol. The lowest BCUT2D eigenvalue weighted by Gasteiger charge is -2.32. The zero-order valence-electron chi connectivity index (χ0n) is 12.8. The van der Waals surface area contributed by atoms with E-state index in [9.17, 15) is 9.90 Å². The number of aliphatic hydroxyl groups is 1. The minimum Gasteiger partial charge on any atom is -0.389 e. The molecular formula is C14H30N2O2. The molecular weight excluding hydrogens is 228 g/mol. The van der Waals surface area contributed by atoms with Crippen LogP contribution in [0.2, 0.25) is 0 Å². The lowest BCUT2D eigenvalue weighted by Crippen LogP contribution is -2.51. The van der Waals surface area contributed by atoms with E-state index in [4.69, 9.17) is 0 Å². The van der Waals surface area contributed by atoms with Crippen molar-refractivity contribution in [2.24, 2.45) is 0 Å². The molecule has 0 radical (unpaired) electrons. The van der Waals surface area contributed by atoms with Crippen LogP contribution in [0.25, 0.3) is 0 Å². The number of amides is 1. The van der Waals surface area contributed by atoms with Crippen LogP contribution in [0.3, 0.4) is 0 Å². The first-order valence-electron chi connectivity index (χ1n) is 6.98. The predicted molar refractivity (Wildman–Crippen MR) is 75.5 cm³/mol. The van der Waals surface area contributed by atoms with E-state index in [1.807, 2.05) is 25.7 Å². The molecule has 0 heterocycles. The van der Waals surface area contributed by atoms with Gasteiger partial charge in [-0.1, -0.05) is 20.3 Å².